The number of carboxylic acids is 2. The van der Waals surface area contributed by atoms with Gasteiger partial charge in [0.15, 0.2) is 6.04 Å². The van der Waals surface area contributed by atoms with E-state index in [2.05, 4.69) is 10.6 Å². The summed E-state index contributed by atoms with van der Waals surface area (Å²) in [6.45, 7) is 0. The van der Waals surface area contributed by atoms with E-state index in [4.69, 9.17) is 0 Å². The summed E-state index contributed by atoms with van der Waals surface area (Å²) in [4.78, 5) is 47.3. The molecule has 0 saturated carbocycles. The van der Waals surface area contributed by atoms with E-state index in [1.54, 1.807) is 36.4 Å². The van der Waals surface area contributed by atoms with Crippen LogP contribution in [-0.4, -0.2) is 57.3 Å². The standard InChI is InChI=1S/C21H22N2O7/c24-16(17(21(29)30)23-19(26)14-9-5-2-6-10-14)12-11-15(20(27)28)22-18(25)13-7-3-1-4-8-13/h1-10,15-17,24H,11-12H2,(H,22,25)(H,23,26)(H,27,28)(H,29,30). The molecule has 3 atom stereocenters. The number of carbonyl (C=O) groups is 4. The smallest absolute Gasteiger partial charge is 0.328 e. The lowest BCUT2D eigenvalue weighted by Gasteiger charge is -2.22. The Labute approximate surface area is 172 Å². The van der Waals surface area contributed by atoms with Crippen molar-refractivity contribution in [1.29, 1.82) is 0 Å². The predicted octanol–water partition coefficient (Wildman–Crippen LogP) is 0.894. The van der Waals surface area contributed by atoms with Crippen LogP contribution in [0.1, 0.15) is 33.6 Å². The van der Waals surface area contributed by atoms with Crippen LogP contribution in [0.25, 0.3) is 0 Å². The number of carboxylic acid groups (broad SMARTS) is 2. The third-order valence-electron chi connectivity index (χ3n) is 4.36. The SMILES string of the molecule is O=C(NC(CCC(O)C(NC(=O)c1ccccc1)C(=O)O)C(=O)O)c1ccccc1. The Morgan fingerprint density at radius 2 is 1.17 bits per heavy atom. The van der Waals surface area contributed by atoms with Gasteiger partial charge in [0.25, 0.3) is 11.8 Å². The van der Waals surface area contributed by atoms with Gasteiger partial charge in [0, 0.05) is 11.1 Å². The molecule has 0 aliphatic heterocycles. The number of amides is 2. The molecule has 158 valence electrons. The first kappa shape index (κ1) is 22.6. The summed E-state index contributed by atoms with van der Waals surface area (Å²) in [5, 5.41) is 33.5. The second kappa shape index (κ2) is 10.7. The maximum Gasteiger partial charge on any atom is 0.328 e. The molecule has 5 N–H and O–H groups in total. The molecule has 0 spiro atoms. The molecule has 3 unspecified atom stereocenters. The zero-order chi connectivity index (χ0) is 22.1. The molecule has 0 aromatic heterocycles. The van der Waals surface area contributed by atoms with E-state index in [-0.39, 0.29) is 24.0 Å². The zero-order valence-corrected chi connectivity index (χ0v) is 15.9. The van der Waals surface area contributed by atoms with Gasteiger partial charge in [-0.15, -0.1) is 0 Å². The van der Waals surface area contributed by atoms with Gasteiger partial charge >= 0.3 is 11.9 Å². The molecule has 0 bridgehead atoms. The summed E-state index contributed by atoms with van der Waals surface area (Å²) >= 11 is 0. The molecule has 2 aromatic rings. The van der Waals surface area contributed by atoms with Gasteiger partial charge in [-0.2, -0.15) is 0 Å². The highest BCUT2D eigenvalue weighted by molar-refractivity contribution is 5.97. The third kappa shape index (κ3) is 6.42. The lowest BCUT2D eigenvalue weighted by molar-refractivity contribution is -0.142. The summed E-state index contributed by atoms with van der Waals surface area (Å²) in [6, 6.07) is 12.9. The normalized spacial score (nSPS) is 13.5. The predicted molar refractivity (Wildman–Crippen MR) is 106 cm³/mol. The number of hydrogen-bond donors (Lipinski definition) is 5. The number of aliphatic carboxylic acids is 2. The number of aliphatic hydroxyl groups excluding tert-OH is 1. The van der Waals surface area contributed by atoms with Gasteiger partial charge in [-0.25, -0.2) is 9.59 Å². The molecule has 9 heteroatoms. The van der Waals surface area contributed by atoms with Crippen molar-refractivity contribution in [1.82, 2.24) is 10.6 Å². The molecule has 2 rings (SSSR count). The summed E-state index contributed by atoms with van der Waals surface area (Å²) in [5.74, 6) is -4.09. The monoisotopic (exact) mass is 414 g/mol. The van der Waals surface area contributed by atoms with Gasteiger partial charge in [-0.1, -0.05) is 36.4 Å². The van der Waals surface area contributed by atoms with Gasteiger partial charge in [-0.05, 0) is 37.1 Å². The van der Waals surface area contributed by atoms with Gasteiger partial charge in [-0.3, -0.25) is 9.59 Å². The summed E-state index contributed by atoms with van der Waals surface area (Å²) < 4.78 is 0. The number of benzene rings is 2. The maximum absolute atomic E-state index is 12.2. The molecule has 0 saturated heterocycles. The van der Waals surface area contributed by atoms with Gasteiger partial charge in [0.1, 0.15) is 6.04 Å². The van der Waals surface area contributed by atoms with E-state index >= 15 is 0 Å². The molecule has 0 heterocycles. The van der Waals surface area contributed by atoms with Crippen molar-refractivity contribution in [2.75, 3.05) is 0 Å². The zero-order valence-electron chi connectivity index (χ0n) is 15.9. The molecule has 9 nitrogen and oxygen atoms in total. The van der Waals surface area contributed by atoms with Crippen LogP contribution in [0, 0.1) is 0 Å². The Balaban J connectivity index is 1.98. The fourth-order valence-corrected chi connectivity index (χ4v) is 2.73. The molecule has 30 heavy (non-hydrogen) atoms. The van der Waals surface area contributed by atoms with Gasteiger partial charge in [0.2, 0.25) is 0 Å². The van der Waals surface area contributed by atoms with E-state index in [0.29, 0.717) is 0 Å². The maximum atomic E-state index is 12.2. The Kier molecular flexibility index (Phi) is 8.07. The van der Waals surface area contributed by atoms with Crippen LogP contribution >= 0.6 is 0 Å². The first-order valence-corrected chi connectivity index (χ1v) is 9.15. The highest BCUT2D eigenvalue weighted by Gasteiger charge is 2.30. The van der Waals surface area contributed by atoms with Crippen LogP contribution in [0.15, 0.2) is 60.7 Å². The number of nitrogens with one attached hydrogen (secondary N) is 2. The van der Waals surface area contributed by atoms with Crippen molar-refractivity contribution in [2.45, 2.75) is 31.0 Å². The summed E-state index contributed by atoms with van der Waals surface area (Å²) in [7, 11) is 0. The van der Waals surface area contributed by atoms with Crippen molar-refractivity contribution < 1.29 is 34.5 Å². The van der Waals surface area contributed by atoms with Crippen LogP contribution < -0.4 is 10.6 Å². The third-order valence-corrected chi connectivity index (χ3v) is 4.36. The highest BCUT2D eigenvalue weighted by atomic mass is 16.4. The van der Waals surface area contributed by atoms with E-state index in [1.165, 1.54) is 24.3 Å². The average molecular weight is 414 g/mol. The van der Waals surface area contributed by atoms with Crippen LogP contribution in [-0.2, 0) is 9.59 Å². The van der Waals surface area contributed by atoms with Crippen molar-refractivity contribution in [3.05, 3.63) is 71.8 Å². The number of rotatable bonds is 10. The van der Waals surface area contributed by atoms with Crippen LogP contribution in [0.3, 0.4) is 0 Å². The second-order valence-electron chi connectivity index (χ2n) is 6.53. The number of aliphatic hydroxyl groups is 1. The summed E-state index contributed by atoms with van der Waals surface area (Å²) in [5.41, 5.74) is 0.484. The fourth-order valence-electron chi connectivity index (χ4n) is 2.73. The Bertz CT molecular complexity index is 887. The molecule has 0 aliphatic rings. The molecule has 0 fully saturated rings. The number of hydrogen-bond acceptors (Lipinski definition) is 5. The van der Waals surface area contributed by atoms with E-state index in [1.807, 2.05) is 0 Å². The fraction of sp³-hybridized carbons (Fsp3) is 0.238. The Morgan fingerprint density at radius 1 is 0.700 bits per heavy atom. The molecule has 2 aromatic carbocycles. The first-order chi connectivity index (χ1) is 14.3. The molecule has 0 aliphatic carbocycles. The van der Waals surface area contributed by atoms with Crippen molar-refractivity contribution in [3.63, 3.8) is 0 Å². The minimum atomic E-state index is -1.64. The molecule has 0 radical (unpaired) electrons. The van der Waals surface area contributed by atoms with E-state index < -0.39 is 41.9 Å². The van der Waals surface area contributed by atoms with Gasteiger partial charge in [0.05, 0.1) is 6.10 Å². The topological polar surface area (TPSA) is 153 Å². The quantitative estimate of drug-likeness (QED) is 0.387. The van der Waals surface area contributed by atoms with E-state index in [9.17, 15) is 34.5 Å². The van der Waals surface area contributed by atoms with Crippen LogP contribution in [0.2, 0.25) is 0 Å². The second-order valence-corrected chi connectivity index (χ2v) is 6.53. The lowest BCUT2D eigenvalue weighted by atomic mass is 10.0. The summed E-state index contributed by atoms with van der Waals surface area (Å²) in [6.07, 6.45) is -2.08. The van der Waals surface area contributed by atoms with Crippen molar-refractivity contribution in [2.24, 2.45) is 0 Å². The Morgan fingerprint density at radius 3 is 1.60 bits per heavy atom. The minimum Gasteiger partial charge on any atom is -0.480 e. The Hall–Kier alpha value is -3.72. The largest absolute Gasteiger partial charge is 0.480 e. The minimum absolute atomic E-state index is 0.217. The van der Waals surface area contributed by atoms with E-state index in [0.717, 1.165) is 0 Å². The first-order valence-electron chi connectivity index (χ1n) is 9.15. The molecule has 2 amide bonds. The molecular formula is C21H22N2O7. The lowest BCUT2D eigenvalue weighted by Crippen LogP contribution is -2.49. The van der Waals surface area contributed by atoms with Crippen LogP contribution in [0.5, 0.6) is 0 Å². The van der Waals surface area contributed by atoms with Crippen LogP contribution in [0.4, 0.5) is 0 Å². The van der Waals surface area contributed by atoms with Crippen molar-refractivity contribution >= 4 is 23.8 Å². The van der Waals surface area contributed by atoms with Gasteiger partial charge < -0.3 is 26.0 Å². The highest BCUT2D eigenvalue weighted by Crippen LogP contribution is 2.10. The average Bonchev–Trinajstić information content (AvgIpc) is 2.75. The van der Waals surface area contributed by atoms with Crippen molar-refractivity contribution in [3.8, 4) is 0 Å². The molecular weight excluding hydrogens is 392 g/mol. The number of carbonyl (C=O) groups excluding carboxylic acids is 2.